The number of anilines is 3. The van der Waals surface area contributed by atoms with Gasteiger partial charge in [-0.15, -0.1) is 0 Å². The molecule has 0 spiro atoms. The summed E-state index contributed by atoms with van der Waals surface area (Å²) in [5.41, 5.74) is 7.39. The number of rotatable bonds is 5. The molecular weight excluding hydrogens is 340 g/mol. The fourth-order valence-corrected chi connectivity index (χ4v) is 2.12. The van der Waals surface area contributed by atoms with Gasteiger partial charge < -0.3 is 16.4 Å². The number of nitrogens with one attached hydrogen (secondary N) is 2. The Morgan fingerprint density at radius 3 is 2.60 bits per heavy atom. The number of benzene rings is 2. The van der Waals surface area contributed by atoms with E-state index in [9.17, 15) is 14.9 Å². The molecule has 0 saturated heterocycles. The van der Waals surface area contributed by atoms with Crippen LogP contribution in [0, 0.1) is 11.3 Å². The number of carbonyl (C=O) groups is 2. The van der Waals surface area contributed by atoms with Crippen LogP contribution >= 0.6 is 11.6 Å². The smallest absolute Gasteiger partial charge is 0.267 e. The van der Waals surface area contributed by atoms with Gasteiger partial charge in [0.1, 0.15) is 11.6 Å². The van der Waals surface area contributed by atoms with Gasteiger partial charge in [-0.1, -0.05) is 23.7 Å². The van der Waals surface area contributed by atoms with Crippen LogP contribution in [-0.2, 0) is 4.79 Å². The zero-order valence-corrected chi connectivity index (χ0v) is 14.1. The highest BCUT2D eigenvalue weighted by molar-refractivity contribution is 6.33. The lowest BCUT2D eigenvalue weighted by Crippen LogP contribution is -2.14. The molecule has 0 radical (unpaired) electrons. The van der Waals surface area contributed by atoms with Gasteiger partial charge in [0, 0.05) is 23.1 Å². The molecule has 2 aromatic carbocycles. The lowest BCUT2D eigenvalue weighted by Gasteiger charge is -2.07. The minimum Gasteiger partial charge on any atom is -0.398 e. The number of nitrogen functional groups attached to an aromatic ring is 1. The third kappa shape index (κ3) is 4.83. The minimum absolute atomic E-state index is 0.117. The summed E-state index contributed by atoms with van der Waals surface area (Å²) in [4.78, 5) is 23.6. The Balaban J connectivity index is 2.12. The first kappa shape index (κ1) is 18.0. The topological polar surface area (TPSA) is 108 Å². The predicted octanol–water partition coefficient (Wildman–Crippen LogP) is 3.58. The summed E-state index contributed by atoms with van der Waals surface area (Å²) in [6, 6.07) is 13.1. The summed E-state index contributed by atoms with van der Waals surface area (Å²) < 4.78 is 0. The summed E-state index contributed by atoms with van der Waals surface area (Å²) in [5, 5.41) is 14.9. The molecule has 126 valence electrons. The number of halogens is 1. The Kier molecular flexibility index (Phi) is 5.77. The molecule has 7 heteroatoms. The van der Waals surface area contributed by atoms with E-state index in [4.69, 9.17) is 17.3 Å². The first-order valence-corrected chi connectivity index (χ1v) is 7.62. The molecule has 0 saturated carbocycles. The van der Waals surface area contributed by atoms with Crippen molar-refractivity contribution in [3.63, 3.8) is 0 Å². The van der Waals surface area contributed by atoms with Crippen LogP contribution in [0.4, 0.5) is 17.1 Å². The molecule has 0 fully saturated rings. The van der Waals surface area contributed by atoms with E-state index in [1.807, 2.05) is 6.07 Å². The maximum absolute atomic E-state index is 12.2. The predicted molar refractivity (Wildman–Crippen MR) is 98.3 cm³/mol. The summed E-state index contributed by atoms with van der Waals surface area (Å²) in [6.45, 7) is 1.43. The van der Waals surface area contributed by atoms with Gasteiger partial charge in [0.15, 0.2) is 5.78 Å². The average molecular weight is 355 g/mol. The second kappa shape index (κ2) is 7.99. The molecule has 0 unspecified atom stereocenters. The number of ketones is 1. The number of carbonyl (C=O) groups excluding carboxylic acids is 2. The molecular formula is C18H15ClN4O2. The molecule has 4 N–H and O–H groups in total. The van der Waals surface area contributed by atoms with Crippen LogP contribution in [0.25, 0.3) is 0 Å². The number of nitrogens with two attached hydrogens (primary N) is 1. The van der Waals surface area contributed by atoms with Crippen LogP contribution in [-0.4, -0.2) is 11.7 Å². The van der Waals surface area contributed by atoms with Crippen LogP contribution in [0.3, 0.4) is 0 Å². The standard InChI is InChI=1S/C18H15ClN4O2/c1-11(24)12-3-2-4-15(7-12)23-18(25)13(9-20)10-22-14-5-6-17(21)16(19)8-14/h2-8,10,22H,21H2,1H3,(H,23,25)/b13-10-. The van der Waals surface area contributed by atoms with Crippen LogP contribution in [0.2, 0.25) is 5.02 Å². The zero-order valence-electron chi connectivity index (χ0n) is 13.3. The monoisotopic (exact) mass is 354 g/mol. The van der Waals surface area contributed by atoms with E-state index in [2.05, 4.69) is 10.6 Å². The lowest BCUT2D eigenvalue weighted by atomic mass is 10.1. The van der Waals surface area contributed by atoms with Crippen molar-refractivity contribution in [1.82, 2.24) is 0 Å². The number of hydrogen-bond acceptors (Lipinski definition) is 5. The van der Waals surface area contributed by atoms with E-state index in [-0.39, 0.29) is 11.4 Å². The summed E-state index contributed by atoms with van der Waals surface area (Å²) in [5.74, 6) is -0.716. The first-order valence-electron chi connectivity index (χ1n) is 7.25. The number of Topliss-reactive ketones (excluding diaryl/α,β-unsaturated/α-hetero) is 1. The Bertz CT molecular complexity index is 900. The van der Waals surface area contributed by atoms with E-state index in [0.717, 1.165) is 0 Å². The number of hydrogen-bond donors (Lipinski definition) is 3. The molecule has 0 aromatic heterocycles. The molecule has 0 bridgehead atoms. The second-order valence-electron chi connectivity index (χ2n) is 5.14. The van der Waals surface area contributed by atoms with Crippen molar-refractivity contribution >= 4 is 40.4 Å². The van der Waals surface area contributed by atoms with Crippen LogP contribution in [0.15, 0.2) is 54.2 Å². The third-order valence-corrected chi connectivity index (χ3v) is 3.60. The third-order valence-electron chi connectivity index (χ3n) is 3.28. The van der Waals surface area contributed by atoms with Crippen molar-refractivity contribution < 1.29 is 9.59 Å². The largest absolute Gasteiger partial charge is 0.398 e. The number of nitrogens with zero attached hydrogens (tertiary/aromatic N) is 1. The maximum atomic E-state index is 12.2. The van der Waals surface area contributed by atoms with Crippen LogP contribution < -0.4 is 16.4 Å². The van der Waals surface area contributed by atoms with Gasteiger partial charge in [-0.25, -0.2) is 0 Å². The lowest BCUT2D eigenvalue weighted by molar-refractivity contribution is -0.112. The summed E-state index contributed by atoms with van der Waals surface area (Å²) >= 11 is 5.92. The average Bonchev–Trinajstić information content (AvgIpc) is 2.58. The Morgan fingerprint density at radius 1 is 1.20 bits per heavy atom. The summed E-state index contributed by atoms with van der Waals surface area (Å²) in [6.07, 6.45) is 1.27. The number of amides is 1. The quantitative estimate of drug-likeness (QED) is 0.329. The Hall–Kier alpha value is -3.30. The fraction of sp³-hybridized carbons (Fsp3) is 0.0556. The van der Waals surface area contributed by atoms with Gasteiger partial charge in [-0.3, -0.25) is 9.59 Å². The highest BCUT2D eigenvalue weighted by Gasteiger charge is 2.10. The van der Waals surface area contributed by atoms with E-state index in [1.165, 1.54) is 13.1 Å². The normalized spacial score (nSPS) is 10.7. The van der Waals surface area contributed by atoms with Crippen molar-refractivity contribution in [3.8, 4) is 6.07 Å². The SMILES string of the molecule is CC(=O)c1cccc(NC(=O)/C(C#N)=C\Nc2ccc(N)c(Cl)c2)c1. The van der Waals surface area contributed by atoms with Gasteiger partial charge in [0.2, 0.25) is 0 Å². The Morgan fingerprint density at radius 2 is 1.96 bits per heavy atom. The summed E-state index contributed by atoms with van der Waals surface area (Å²) in [7, 11) is 0. The first-order chi connectivity index (χ1) is 11.9. The molecule has 2 aromatic rings. The highest BCUT2D eigenvalue weighted by atomic mass is 35.5. The van der Waals surface area contributed by atoms with Gasteiger partial charge in [0.25, 0.3) is 5.91 Å². The van der Waals surface area contributed by atoms with Gasteiger partial charge in [0.05, 0.1) is 10.7 Å². The van der Waals surface area contributed by atoms with E-state index < -0.39 is 5.91 Å². The molecule has 0 aliphatic rings. The molecule has 0 aliphatic carbocycles. The molecule has 0 atom stereocenters. The van der Waals surface area contributed by atoms with Gasteiger partial charge >= 0.3 is 0 Å². The second-order valence-corrected chi connectivity index (χ2v) is 5.55. The maximum Gasteiger partial charge on any atom is 0.267 e. The van der Waals surface area contributed by atoms with Crippen molar-refractivity contribution in [1.29, 1.82) is 5.26 Å². The van der Waals surface area contributed by atoms with Crippen LogP contribution in [0.1, 0.15) is 17.3 Å². The zero-order chi connectivity index (χ0) is 18.4. The van der Waals surface area contributed by atoms with Crippen molar-refractivity contribution in [2.24, 2.45) is 0 Å². The fourth-order valence-electron chi connectivity index (χ4n) is 1.94. The highest BCUT2D eigenvalue weighted by Crippen LogP contribution is 2.22. The van der Waals surface area contributed by atoms with Crippen molar-refractivity contribution in [3.05, 3.63) is 64.8 Å². The van der Waals surface area contributed by atoms with Gasteiger partial charge in [-0.2, -0.15) is 5.26 Å². The van der Waals surface area contributed by atoms with E-state index >= 15 is 0 Å². The van der Waals surface area contributed by atoms with Crippen molar-refractivity contribution in [2.75, 3.05) is 16.4 Å². The molecule has 0 aliphatic heterocycles. The van der Waals surface area contributed by atoms with E-state index in [0.29, 0.717) is 27.6 Å². The molecule has 2 rings (SSSR count). The Labute approximate surface area is 149 Å². The van der Waals surface area contributed by atoms with Crippen LogP contribution in [0.5, 0.6) is 0 Å². The van der Waals surface area contributed by atoms with E-state index in [1.54, 1.807) is 42.5 Å². The van der Waals surface area contributed by atoms with Gasteiger partial charge in [-0.05, 0) is 37.3 Å². The molecule has 6 nitrogen and oxygen atoms in total. The molecule has 0 heterocycles. The molecule has 25 heavy (non-hydrogen) atoms. The van der Waals surface area contributed by atoms with Crippen molar-refractivity contribution in [2.45, 2.75) is 6.92 Å². The number of nitriles is 1. The molecule has 1 amide bonds. The minimum atomic E-state index is -0.600.